The van der Waals surface area contributed by atoms with Gasteiger partial charge in [0.2, 0.25) is 5.95 Å². The van der Waals surface area contributed by atoms with Crippen molar-refractivity contribution >= 4 is 33.9 Å². The Labute approximate surface area is 216 Å². The Hall–Kier alpha value is -3.85. The molecule has 0 fully saturated rings. The molecule has 1 aliphatic rings. The van der Waals surface area contributed by atoms with Crippen LogP contribution in [0.2, 0.25) is 0 Å². The summed E-state index contributed by atoms with van der Waals surface area (Å²) in [4.78, 5) is 13.5. The molecule has 4 aromatic rings. The number of halogens is 1. The number of anilines is 4. The summed E-state index contributed by atoms with van der Waals surface area (Å²) in [5.74, 6) is 1.02. The monoisotopic (exact) mass is 503 g/mol. The molecular weight excluding hydrogens is 469 g/mol. The molecule has 194 valence electrons. The number of hydrogen-bond donors (Lipinski definition) is 2. The van der Waals surface area contributed by atoms with Crippen molar-refractivity contribution in [3.63, 3.8) is 0 Å². The number of para-hydroxylation sites is 1. The highest BCUT2D eigenvalue weighted by molar-refractivity contribution is 5.97. The summed E-state index contributed by atoms with van der Waals surface area (Å²) >= 11 is 0. The Bertz CT molecular complexity index is 1420. The molecule has 0 bridgehead atoms. The Morgan fingerprint density at radius 3 is 2.76 bits per heavy atom. The fourth-order valence-electron chi connectivity index (χ4n) is 5.06. The predicted molar refractivity (Wildman–Crippen MR) is 149 cm³/mol. The first-order valence-corrected chi connectivity index (χ1v) is 12.6. The van der Waals surface area contributed by atoms with Gasteiger partial charge < -0.3 is 30.2 Å². The minimum atomic E-state index is -1.03. The number of ether oxygens (including phenoxy) is 1. The van der Waals surface area contributed by atoms with E-state index in [1.807, 2.05) is 63.6 Å². The summed E-state index contributed by atoms with van der Waals surface area (Å²) in [6.45, 7) is 2.53. The second-order valence-corrected chi connectivity index (χ2v) is 9.77. The van der Waals surface area contributed by atoms with Gasteiger partial charge in [-0.15, -0.1) is 0 Å². The van der Waals surface area contributed by atoms with Gasteiger partial charge in [-0.3, -0.25) is 0 Å². The van der Waals surface area contributed by atoms with Crippen LogP contribution < -0.4 is 20.7 Å². The highest BCUT2D eigenvalue weighted by Crippen LogP contribution is 2.43. The fraction of sp³-hybridized carbons (Fsp3) is 0.357. The molecule has 0 radical (unpaired) electrons. The van der Waals surface area contributed by atoms with E-state index in [-0.39, 0.29) is 0 Å². The molecule has 0 saturated carbocycles. The van der Waals surface area contributed by atoms with Gasteiger partial charge in [-0.2, -0.15) is 0 Å². The van der Waals surface area contributed by atoms with E-state index in [4.69, 9.17) is 15.5 Å². The van der Waals surface area contributed by atoms with Crippen molar-refractivity contribution < 1.29 is 9.13 Å². The van der Waals surface area contributed by atoms with Crippen LogP contribution in [0.3, 0.4) is 0 Å². The largest absolute Gasteiger partial charge is 0.494 e. The van der Waals surface area contributed by atoms with Gasteiger partial charge in [-0.1, -0.05) is 18.2 Å². The number of nitrogens with two attached hydrogens (primary N) is 1. The Balaban J connectivity index is 1.50. The molecule has 0 spiro atoms. The lowest BCUT2D eigenvalue weighted by Gasteiger charge is -2.24. The number of nitrogen functional groups attached to an aromatic ring is 1. The maximum Gasteiger partial charge on any atom is 0.227 e. The number of fused-ring (bicyclic) bond motifs is 3. The molecule has 0 amide bonds. The predicted octanol–water partition coefficient (Wildman–Crippen LogP) is 5.23. The maximum absolute atomic E-state index is 15.2. The average molecular weight is 504 g/mol. The van der Waals surface area contributed by atoms with E-state index in [9.17, 15) is 0 Å². The van der Waals surface area contributed by atoms with Crippen LogP contribution in [0.5, 0.6) is 5.75 Å². The SMILES string of the molecule is COc1cc(N(C)CCN(C)C)c(N)cc1Nc1nccc(-c2c3n(c4ccccc24)CCCC3F)n1. The number of rotatable bonds is 8. The summed E-state index contributed by atoms with van der Waals surface area (Å²) in [5.41, 5.74) is 11.8. The molecule has 1 aliphatic heterocycles. The van der Waals surface area contributed by atoms with E-state index in [0.29, 0.717) is 40.9 Å². The molecule has 2 aromatic heterocycles. The normalized spacial score (nSPS) is 15.1. The molecule has 37 heavy (non-hydrogen) atoms. The van der Waals surface area contributed by atoms with E-state index in [1.165, 1.54) is 0 Å². The van der Waals surface area contributed by atoms with Crippen molar-refractivity contribution in [2.45, 2.75) is 25.6 Å². The Morgan fingerprint density at radius 1 is 1.16 bits per heavy atom. The van der Waals surface area contributed by atoms with Crippen molar-refractivity contribution in [1.82, 2.24) is 19.4 Å². The zero-order valence-corrected chi connectivity index (χ0v) is 21.8. The average Bonchev–Trinajstić information content (AvgIpc) is 3.23. The van der Waals surface area contributed by atoms with E-state index >= 15 is 4.39 Å². The van der Waals surface area contributed by atoms with Gasteiger partial charge in [-0.05, 0) is 45.1 Å². The molecule has 1 atom stereocenters. The van der Waals surface area contributed by atoms with Crippen LogP contribution in [0.1, 0.15) is 24.7 Å². The standard InChI is InChI=1S/C28H34FN7O/c1-34(2)14-15-35(3)24-17-25(37-4)22(16-20(24)30)33-28-31-12-11-21(32-28)26-18-8-5-6-10-23(18)36-13-7-9-19(29)27(26)36/h5-6,8,10-12,16-17,19H,7,9,13-15,30H2,1-4H3,(H,31,32,33). The molecule has 1 unspecified atom stereocenters. The van der Waals surface area contributed by atoms with Crippen LogP contribution in [-0.4, -0.2) is 60.8 Å². The summed E-state index contributed by atoms with van der Waals surface area (Å²) < 4.78 is 23.0. The van der Waals surface area contributed by atoms with Crippen LogP contribution in [-0.2, 0) is 6.54 Å². The summed E-state index contributed by atoms with van der Waals surface area (Å²) in [6.07, 6.45) is 2.01. The number of hydrogen-bond acceptors (Lipinski definition) is 7. The molecule has 0 aliphatic carbocycles. The highest BCUT2D eigenvalue weighted by Gasteiger charge is 2.28. The number of alkyl halides is 1. The lowest BCUT2D eigenvalue weighted by atomic mass is 10.0. The highest BCUT2D eigenvalue weighted by atomic mass is 19.1. The lowest BCUT2D eigenvalue weighted by Crippen LogP contribution is -2.29. The van der Waals surface area contributed by atoms with Gasteiger partial charge in [0.25, 0.3) is 0 Å². The van der Waals surface area contributed by atoms with Crippen molar-refractivity contribution in [2.24, 2.45) is 0 Å². The Morgan fingerprint density at radius 2 is 1.97 bits per heavy atom. The second-order valence-electron chi connectivity index (χ2n) is 9.77. The zero-order chi connectivity index (χ0) is 26.1. The summed E-state index contributed by atoms with van der Waals surface area (Å²) in [5, 5.41) is 4.27. The van der Waals surface area contributed by atoms with Crippen molar-refractivity contribution in [3.8, 4) is 17.0 Å². The first-order valence-electron chi connectivity index (χ1n) is 12.6. The van der Waals surface area contributed by atoms with Crippen LogP contribution in [0.25, 0.3) is 22.2 Å². The third-order valence-electron chi connectivity index (χ3n) is 6.95. The number of likely N-dealkylation sites (N-methyl/N-ethyl adjacent to an activating group) is 2. The molecule has 5 rings (SSSR count). The van der Waals surface area contributed by atoms with E-state index in [1.54, 1.807) is 13.3 Å². The van der Waals surface area contributed by atoms with Gasteiger partial charge in [0.1, 0.15) is 11.9 Å². The third-order valence-corrected chi connectivity index (χ3v) is 6.95. The van der Waals surface area contributed by atoms with Crippen LogP contribution in [0, 0.1) is 0 Å². The lowest BCUT2D eigenvalue weighted by molar-refractivity contribution is 0.272. The molecule has 3 heterocycles. The number of aryl methyl sites for hydroxylation is 1. The van der Waals surface area contributed by atoms with Crippen molar-refractivity contribution in [2.75, 3.05) is 57.3 Å². The number of nitrogens with zero attached hydrogens (tertiary/aromatic N) is 5. The first kappa shape index (κ1) is 24.8. The van der Waals surface area contributed by atoms with Gasteiger partial charge in [0.15, 0.2) is 0 Å². The minimum absolute atomic E-state index is 0.388. The molecular formula is C28H34FN7O. The number of methoxy groups -OCH3 is 1. The molecule has 2 aromatic carbocycles. The zero-order valence-electron chi connectivity index (χ0n) is 21.8. The molecule has 8 nitrogen and oxygen atoms in total. The minimum Gasteiger partial charge on any atom is -0.494 e. The van der Waals surface area contributed by atoms with Crippen molar-refractivity contribution in [1.29, 1.82) is 0 Å². The fourth-order valence-corrected chi connectivity index (χ4v) is 5.06. The molecule has 3 N–H and O–H groups in total. The maximum atomic E-state index is 15.2. The number of nitrogens with one attached hydrogen (secondary N) is 1. The third kappa shape index (κ3) is 4.79. The number of aromatic nitrogens is 3. The smallest absolute Gasteiger partial charge is 0.227 e. The molecule has 0 saturated heterocycles. The van der Waals surface area contributed by atoms with Crippen LogP contribution in [0.15, 0.2) is 48.7 Å². The van der Waals surface area contributed by atoms with Crippen LogP contribution in [0.4, 0.5) is 27.4 Å². The Kier molecular flexibility index (Phi) is 6.88. The second kappa shape index (κ2) is 10.3. The van der Waals surface area contributed by atoms with E-state index in [2.05, 4.69) is 24.7 Å². The van der Waals surface area contributed by atoms with Gasteiger partial charge in [-0.25, -0.2) is 14.4 Å². The molecule has 9 heteroatoms. The topological polar surface area (TPSA) is 84.5 Å². The van der Waals surface area contributed by atoms with Crippen LogP contribution >= 0.6 is 0 Å². The van der Waals surface area contributed by atoms with Gasteiger partial charge >= 0.3 is 0 Å². The quantitative estimate of drug-likeness (QED) is 0.318. The summed E-state index contributed by atoms with van der Waals surface area (Å²) in [7, 11) is 7.72. The van der Waals surface area contributed by atoms with Crippen molar-refractivity contribution in [3.05, 3.63) is 54.4 Å². The first-order chi connectivity index (χ1) is 17.9. The summed E-state index contributed by atoms with van der Waals surface area (Å²) in [6, 6.07) is 13.6. The van der Waals surface area contributed by atoms with Gasteiger partial charge in [0.05, 0.1) is 35.6 Å². The number of benzene rings is 2. The van der Waals surface area contributed by atoms with E-state index in [0.717, 1.165) is 48.2 Å². The van der Waals surface area contributed by atoms with E-state index < -0.39 is 6.17 Å². The van der Waals surface area contributed by atoms with Gasteiger partial charge in [0, 0.05) is 55.4 Å².